The van der Waals surface area contributed by atoms with Crippen molar-refractivity contribution in [3.05, 3.63) is 37.4 Å². The molecule has 28 heteroatoms. The lowest BCUT2D eigenvalue weighted by Crippen LogP contribution is -2.54. The van der Waals surface area contributed by atoms with Crippen LogP contribution in [0.25, 0.3) is 0 Å². The Bertz CT molecular complexity index is 1470. The number of rotatable bonds is 20. The van der Waals surface area contributed by atoms with E-state index in [4.69, 9.17) is 83.5 Å². The summed E-state index contributed by atoms with van der Waals surface area (Å²) in [6, 6.07) is 0. The van der Waals surface area contributed by atoms with Gasteiger partial charge < -0.3 is 60.2 Å². The SMILES string of the molecule is CC(C)(O)CC(=O)O.CC(C)[Si](Cl)(Cl)C(C)C.CC(C)[Si](Cl)(OC(C)(C)CC(=O)O)C(C)C.CC(C)[Si](OCCN)(OC(C)(C)CC(=O)O)C(C)C.IC(I)I.ICI.NCCO.c1c[nH]cn1.c1c[nH]cn1. The molecule has 0 amide bonds. The molecule has 0 spiro atoms. The zero-order valence-electron chi connectivity index (χ0n) is 46.4. The van der Waals surface area contributed by atoms with Crippen LogP contribution in [0, 0.1) is 0 Å². The largest absolute Gasteiger partial charge is 0.481 e. The maximum absolute atomic E-state index is 10.9. The maximum Gasteiger partial charge on any atom is 0.343 e. The Morgan fingerprint density at radius 2 is 0.918 bits per heavy atom. The molecule has 11 N–H and O–H groups in total. The topological polar surface area (TPSA) is 289 Å². The smallest absolute Gasteiger partial charge is 0.343 e. The van der Waals surface area contributed by atoms with Crippen molar-refractivity contribution in [2.24, 2.45) is 11.5 Å². The average molecular weight is 1720 g/mol. The van der Waals surface area contributed by atoms with E-state index in [9.17, 15) is 14.4 Å². The lowest BCUT2D eigenvalue weighted by molar-refractivity contribution is -0.142. The Hall–Kier alpha value is 1.72. The fourth-order valence-electron chi connectivity index (χ4n) is 5.51. The van der Waals surface area contributed by atoms with Gasteiger partial charge in [-0.05, 0) is 74.8 Å². The van der Waals surface area contributed by atoms with Crippen molar-refractivity contribution in [1.82, 2.24) is 19.9 Å². The number of aromatic nitrogens is 4. The first kappa shape index (κ1) is 88.5. The third-order valence-corrected chi connectivity index (χ3v) is 28.6. The number of carboxylic acid groups (broad SMARTS) is 3. The first-order valence-corrected chi connectivity index (χ1v) is 39.4. The summed E-state index contributed by atoms with van der Waals surface area (Å²) >= 11 is 30.3. The van der Waals surface area contributed by atoms with Crippen molar-refractivity contribution in [2.45, 2.75) is 194 Å². The number of aliphatic carboxylic acids is 3. The molecule has 0 aliphatic heterocycles. The van der Waals surface area contributed by atoms with Crippen molar-refractivity contribution in [3.63, 3.8) is 0 Å². The maximum atomic E-state index is 10.9. The molecule has 0 saturated carbocycles. The predicted octanol–water partition coefficient (Wildman–Crippen LogP) is 14.4. The van der Waals surface area contributed by atoms with Gasteiger partial charge in [0.05, 0.1) is 57.8 Å². The number of halogens is 8. The van der Waals surface area contributed by atoms with E-state index in [0.29, 0.717) is 30.8 Å². The number of aliphatic hydroxyl groups is 2. The lowest BCUT2D eigenvalue weighted by atomic mass is 10.1. The molecule has 0 bridgehead atoms. The number of H-pyrrole nitrogens is 2. The summed E-state index contributed by atoms with van der Waals surface area (Å²) in [6.07, 6.45) is 9.91. The highest BCUT2D eigenvalue weighted by atomic mass is 127. The zero-order valence-corrected chi connectivity index (χ0v) is 62.5. The molecule has 0 saturated heterocycles. The normalized spacial score (nSPS) is 11.6. The van der Waals surface area contributed by atoms with Crippen LogP contribution in [0.4, 0.5) is 0 Å². The van der Waals surface area contributed by atoms with Crippen LogP contribution in [0.3, 0.4) is 0 Å². The van der Waals surface area contributed by atoms with Gasteiger partial charge in [0, 0.05) is 44.5 Å². The predicted molar refractivity (Wildman–Crippen MR) is 356 cm³/mol. The standard InChI is InChI=1S/C13H29NO4Si.C11H23ClO3Si.C6H14Cl2Si.C5H10O3.2C3H4N2.C2H7NO.CHI3.CH2I2/c1-10(2)19(11(3)4,17-8-7-14)18-13(5,6)9-12(15)16;1-8(2)16(12,9(3)4)15-11(5,6)7-10(13)14;1-5(2)9(7,8)6(3)4;1-5(2,8)3-4(6)7;2*1-2-5-3-4-1;3-1-2-4;2-1(3)4;2-1-3/h10-11H,7-9,14H2,1-6H3,(H,15,16);8-9H,7H2,1-6H3,(H,13,14);5-6H,1-4H3;8H,3H2,1-2H3,(H,6,7);2*1-3H,(H,4,5);4H,1-3H2;1H;1H2. The van der Waals surface area contributed by atoms with Gasteiger partial charge in [-0.25, -0.2) is 9.97 Å². The Kier molecular flexibility index (Phi) is 60.1. The number of carboxylic acids is 3. The first-order valence-electron chi connectivity index (χ1n) is 23.3. The number of aromatic amines is 2. The third kappa shape index (κ3) is 58.2. The van der Waals surface area contributed by atoms with Crippen molar-refractivity contribution in [2.75, 3.05) is 28.7 Å². The van der Waals surface area contributed by atoms with Crippen LogP contribution < -0.4 is 11.5 Å². The number of imidazole rings is 2. The zero-order chi connectivity index (χ0) is 59.6. The van der Waals surface area contributed by atoms with E-state index in [1.165, 1.54) is 16.3 Å². The molecule has 0 aromatic carbocycles. The molecule has 17 nitrogen and oxygen atoms in total. The molecular formula is C45H94Cl3I5N6O11Si3. The van der Waals surface area contributed by atoms with Crippen LogP contribution in [0.2, 0.25) is 33.2 Å². The number of hydrogen-bond donors (Lipinski definition) is 9. The number of nitrogens with two attached hydrogens (primary N) is 2. The summed E-state index contributed by atoms with van der Waals surface area (Å²) in [6.45, 7) is 34.3. The van der Waals surface area contributed by atoms with Gasteiger partial charge in [-0.2, -0.15) is 0 Å². The molecule has 438 valence electrons. The molecule has 0 atom stereocenters. The van der Waals surface area contributed by atoms with Gasteiger partial charge in [0.2, 0.25) is 0 Å². The third-order valence-electron chi connectivity index (χ3n) is 8.72. The molecule has 0 aliphatic rings. The molecule has 0 unspecified atom stereocenters. The second-order valence-corrected chi connectivity index (χ2v) is 52.5. The van der Waals surface area contributed by atoms with Crippen molar-refractivity contribution >= 4 is 187 Å². The second-order valence-electron chi connectivity index (χ2n) is 19.3. The lowest BCUT2D eigenvalue weighted by Gasteiger charge is -2.43. The van der Waals surface area contributed by atoms with Gasteiger partial charge in [-0.3, -0.25) is 14.4 Å². The molecular weight excluding hydrogens is 1630 g/mol. The highest BCUT2D eigenvalue weighted by Crippen LogP contribution is 2.41. The van der Waals surface area contributed by atoms with E-state index < -0.39 is 57.6 Å². The van der Waals surface area contributed by atoms with Gasteiger partial charge in [0.1, 0.15) is -0.0619 Å². The van der Waals surface area contributed by atoms with E-state index in [1.54, 1.807) is 65.1 Å². The van der Waals surface area contributed by atoms with Crippen LogP contribution in [-0.2, 0) is 27.7 Å². The van der Waals surface area contributed by atoms with Gasteiger partial charge in [0.25, 0.3) is 14.3 Å². The number of hydrogen-bond acceptors (Lipinski definition) is 12. The van der Waals surface area contributed by atoms with E-state index in [0.717, 1.165) is -0.0619 Å². The highest BCUT2D eigenvalue weighted by Gasteiger charge is 2.49. The molecule has 2 rings (SSSR count). The summed E-state index contributed by atoms with van der Waals surface area (Å²) in [5.41, 5.74) is 9.67. The number of alkyl halides is 5. The quantitative estimate of drug-likeness (QED) is 0.0258. The number of nitrogens with zero attached hydrogens (tertiary/aromatic N) is 2. The van der Waals surface area contributed by atoms with E-state index in [2.05, 4.69) is 188 Å². The van der Waals surface area contributed by atoms with Crippen molar-refractivity contribution in [3.8, 4) is 0 Å². The molecule has 2 aromatic rings. The molecule has 0 radical (unpaired) electrons. The minimum atomic E-state index is -2.52. The van der Waals surface area contributed by atoms with Gasteiger partial charge in [-0.1, -0.05) is 196 Å². The number of aliphatic hydroxyl groups excluding tert-OH is 1. The van der Waals surface area contributed by atoms with Crippen LogP contribution in [0.5, 0.6) is 0 Å². The molecule has 2 heterocycles. The van der Waals surface area contributed by atoms with E-state index >= 15 is 0 Å². The molecule has 0 aliphatic carbocycles. The van der Waals surface area contributed by atoms with E-state index in [1.807, 2.05) is 27.7 Å². The fourth-order valence-corrected chi connectivity index (χ4v) is 14.1. The van der Waals surface area contributed by atoms with Crippen molar-refractivity contribution in [1.29, 1.82) is 0 Å². The number of carbonyl (C=O) groups is 3. The second kappa shape index (κ2) is 49.5. The summed E-state index contributed by atoms with van der Waals surface area (Å²) in [7, 11) is -4.91. The average Bonchev–Trinajstić information content (AvgIpc) is 3.99. The summed E-state index contributed by atoms with van der Waals surface area (Å²) < 4.78 is 20.2. The fraction of sp³-hybridized carbons (Fsp3) is 0.800. The Balaban J connectivity index is -0.000000144. The molecule has 73 heavy (non-hydrogen) atoms. The van der Waals surface area contributed by atoms with Crippen LogP contribution in [-0.4, -0.2) is 132 Å². The summed E-state index contributed by atoms with van der Waals surface area (Å²) in [5, 5.41) is 42.4. The first-order chi connectivity index (χ1) is 32.9. The minimum Gasteiger partial charge on any atom is -0.481 e. The summed E-state index contributed by atoms with van der Waals surface area (Å²) in [5.74, 6) is -2.69. The highest BCUT2D eigenvalue weighted by molar-refractivity contribution is 14.3. The number of nitrogens with one attached hydrogen (secondary N) is 2. The Morgan fingerprint density at radius 3 is 1.05 bits per heavy atom. The van der Waals surface area contributed by atoms with Crippen molar-refractivity contribution < 1.29 is 53.2 Å². The van der Waals surface area contributed by atoms with Gasteiger partial charge in [-0.15, -0.1) is 33.2 Å². The minimum absolute atomic E-state index is 0.0199. The monoisotopic (exact) mass is 1720 g/mol. The summed E-state index contributed by atoms with van der Waals surface area (Å²) in [4.78, 5) is 44.4. The van der Waals surface area contributed by atoms with E-state index in [-0.39, 0.29) is 48.0 Å². The van der Waals surface area contributed by atoms with Gasteiger partial charge >= 0.3 is 26.5 Å². The van der Waals surface area contributed by atoms with Crippen LogP contribution in [0.1, 0.15) is 144 Å². The Labute approximate surface area is 525 Å². The van der Waals surface area contributed by atoms with Crippen LogP contribution >= 0.6 is 146 Å². The Morgan fingerprint density at radius 1 is 0.616 bits per heavy atom. The molecule has 2 aromatic heterocycles. The molecule has 0 fully saturated rings. The van der Waals surface area contributed by atoms with Gasteiger partial charge in [0.15, 0.2) is 0 Å². The van der Waals surface area contributed by atoms with Crippen LogP contribution in [0.15, 0.2) is 37.4 Å².